The van der Waals surface area contributed by atoms with E-state index in [1.54, 1.807) is 17.1 Å². The minimum absolute atomic E-state index is 0.0189. The molecule has 2 rings (SSSR count). The average molecular weight is 400 g/mol. The van der Waals surface area contributed by atoms with Gasteiger partial charge in [-0.05, 0) is 30.9 Å². The van der Waals surface area contributed by atoms with Gasteiger partial charge in [0.05, 0.1) is 23.7 Å². The molecule has 3 N–H and O–H groups in total. The van der Waals surface area contributed by atoms with Crippen molar-refractivity contribution in [2.75, 3.05) is 19.6 Å². The average Bonchev–Trinajstić information content (AvgIpc) is 3.53. The Bertz CT molecular complexity index is 751. The fraction of sp³-hybridized carbons (Fsp3) is 0.429. The summed E-state index contributed by atoms with van der Waals surface area (Å²) < 4.78 is 0. The second-order valence-corrected chi connectivity index (χ2v) is 7.05. The number of aromatic carboxylic acids is 1. The number of nitrogens with one attached hydrogen (secondary N) is 2. The number of hydrogen-bond donors (Lipinski definition) is 3. The second-order valence-electron chi connectivity index (χ2n) is 7.05. The maximum absolute atomic E-state index is 13.0. The summed E-state index contributed by atoms with van der Waals surface area (Å²) in [4.78, 5) is 42.1. The van der Waals surface area contributed by atoms with E-state index in [2.05, 4.69) is 28.8 Å². The van der Waals surface area contributed by atoms with Crippen molar-refractivity contribution in [1.82, 2.24) is 20.5 Å². The van der Waals surface area contributed by atoms with Gasteiger partial charge in [-0.2, -0.15) is 0 Å². The van der Waals surface area contributed by atoms with Crippen molar-refractivity contribution < 1.29 is 19.5 Å². The van der Waals surface area contributed by atoms with Gasteiger partial charge in [-0.25, -0.2) is 4.79 Å². The van der Waals surface area contributed by atoms with E-state index in [1.165, 1.54) is 18.3 Å². The highest BCUT2D eigenvalue weighted by Crippen LogP contribution is 2.27. The lowest BCUT2D eigenvalue weighted by atomic mass is 10.1. The summed E-state index contributed by atoms with van der Waals surface area (Å²) in [5, 5.41) is 15.0. The predicted octanol–water partition coefficient (Wildman–Crippen LogP) is 1.35. The summed E-state index contributed by atoms with van der Waals surface area (Å²) in [5.74, 6) is -0.959. The molecule has 29 heavy (non-hydrogen) atoms. The quantitative estimate of drug-likeness (QED) is 0.431. The van der Waals surface area contributed by atoms with Gasteiger partial charge < -0.3 is 15.3 Å². The fourth-order valence-electron chi connectivity index (χ4n) is 2.81. The van der Waals surface area contributed by atoms with Crippen LogP contribution in [-0.2, 0) is 16.1 Å². The first-order chi connectivity index (χ1) is 13.9. The zero-order valence-corrected chi connectivity index (χ0v) is 16.5. The van der Waals surface area contributed by atoms with Crippen LogP contribution in [0.3, 0.4) is 0 Å². The Hall–Kier alpha value is -3.00. The van der Waals surface area contributed by atoms with Gasteiger partial charge in [-0.3, -0.25) is 19.9 Å². The topological polar surface area (TPSA) is 112 Å². The lowest BCUT2D eigenvalue weighted by Crippen LogP contribution is -2.48. The molecule has 0 bridgehead atoms. The maximum atomic E-state index is 13.0. The molecule has 156 valence electrons. The fourth-order valence-corrected chi connectivity index (χ4v) is 2.81. The highest BCUT2D eigenvalue weighted by Gasteiger charge is 2.27. The number of pyridine rings is 1. The number of aromatic nitrogens is 1. The van der Waals surface area contributed by atoms with Gasteiger partial charge >= 0.3 is 5.97 Å². The van der Waals surface area contributed by atoms with Crippen molar-refractivity contribution in [1.29, 1.82) is 0 Å². The Labute approximate surface area is 170 Å². The first kappa shape index (κ1) is 22.3. The van der Waals surface area contributed by atoms with Crippen LogP contribution in [-0.4, -0.2) is 58.5 Å². The Morgan fingerprint density at radius 3 is 2.55 bits per heavy atom. The smallest absolute Gasteiger partial charge is 0.335 e. The highest BCUT2D eigenvalue weighted by molar-refractivity contribution is 5.89. The Morgan fingerprint density at radius 2 is 1.97 bits per heavy atom. The molecule has 0 aromatic carbocycles. The summed E-state index contributed by atoms with van der Waals surface area (Å²) in [6.07, 6.45) is 6.86. The zero-order valence-electron chi connectivity index (χ0n) is 16.5. The van der Waals surface area contributed by atoms with E-state index in [-0.39, 0.29) is 30.3 Å². The van der Waals surface area contributed by atoms with E-state index in [4.69, 9.17) is 5.11 Å². The monoisotopic (exact) mass is 400 g/mol. The SMILES string of the molecule is C=CCN(CC=C)C(=O)[C@@H](CC(=O)NCC1CC1)NCc1cc(C(=O)O)ccn1. The molecule has 1 saturated carbocycles. The maximum Gasteiger partial charge on any atom is 0.335 e. The van der Waals surface area contributed by atoms with E-state index >= 15 is 0 Å². The summed E-state index contributed by atoms with van der Waals surface area (Å²) >= 11 is 0. The number of carboxylic acid groups (broad SMARTS) is 1. The number of carbonyl (C=O) groups is 3. The van der Waals surface area contributed by atoms with E-state index in [1.807, 2.05) is 0 Å². The molecule has 1 heterocycles. The Balaban J connectivity index is 2.07. The van der Waals surface area contributed by atoms with Crippen molar-refractivity contribution >= 4 is 17.8 Å². The number of hydrogen-bond acceptors (Lipinski definition) is 5. The molecule has 0 unspecified atom stereocenters. The summed E-state index contributed by atoms with van der Waals surface area (Å²) in [5.41, 5.74) is 0.585. The van der Waals surface area contributed by atoms with Crippen LogP contribution < -0.4 is 10.6 Å². The molecule has 0 aliphatic heterocycles. The standard InChI is InChI=1S/C21H28N4O4/c1-3-9-25(10-4-2)20(27)18(12-19(26)24-13-15-5-6-15)23-14-17-11-16(21(28)29)7-8-22-17/h3-4,7-8,11,15,18,23H,1-2,5-6,9-10,12-14H2,(H,24,26)(H,28,29)/t18-/m1/s1. The number of rotatable bonds is 13. The van der Waals surface area contributed by atoms with Gasteiger partial charge in [0.1, 0.15) is 0 Å². The molecular weight excluding hydrogens is 372 g/mol. The molecule has 8 nitrogen and oxygen atoms in total. The number of amides is 2. The minimum atomic E-state index is -1.05. The van der Waals surface area contributed by atoms with Gasteiger partial charge in [-0.1, -0.05) is 12.2 Å². The number of nitrogens with zero attached hydrogens (tertiary/aromatic N) is 2. The van der Waals surface area contributed by atoms with Gasteiger partial charge in [0.2, 0.25) is 11.8 Å². The highest BCUT2D eigenvalue weighted by atomic mass is 16.4. The van der Waals surface area contributed by atoms with Crippen molar-refractivity contribution in [2.45, 2.75) is 31.8 Å². The normalized spacial score (nSPS) is 13.9. The van der Waals surface area contributed by atoms with E-state index < -0.39 is 12.0 Å². The molecular formula is C21H28N4O4. The first-order valence-electron chi connectivity index (χ1n) is 9.63. The number of carboxylic acids is 1. The Kier molecular flexibility index (Phi) is 8.54. The van der Waals surface area contributed by atoms with Crippen LogP contribution in [0.4, 0.5) is 0 Å². The molecule has 8 heteroatoms. The van der Waals surface area contributed by atoms with Gasteiger partial charge in [-0.15, -0.1) is 13.2 Å². The van der Waals surface area contributed by atoms with Gasteiger partial charge in [0.25, 0.3) is 0 Å². The molecule has 2 amide bonds. The Morgan fingerprint density at radius 1 is 1.28 bits per heavy atom. The summed E-state index contributed by atoms with van der Waals surface area (Å²) in [6, 6.07) is 2.06. The van der Waals surface area contributed by atoms with Crippen LogP contribution in [0.15, 0.2) is 43.6 Å². The van der Waals surface area contributed by atoms with Gasteiger partial charge in [0.15, 0.2) is 0 Å². The molecule has 0 spiro atoms. The van der Waals surface area contributed by atoms with E-state index in [0.29, 0.717) is 31.2 Å². The summed E-state index contributed by atoms with van der Waals surface area (Å²) in [6.45, 7) is 8.79. The van der Waals surface area contributed by atoms with Gasteiger partial charge in [0, 0.05) is 32.4 Å². The van der Waals surface area contributed by atoms with Crippen molar-refractivity contribution in [3.63, 3.8) is 0 Å². The van der Waals surface area contributed by atoms with Crippen LogP contribution in [0.2, 0.25) is 0 Å². The van der Waals surface area contributed by atoms with Crippen LogP contribution in [0.1, 0.15) is 35.3 Å². The molecule has 0 saturated heterocycles. The van der Waals surface area contributed by atoms with Crippen molar-refractivity contribution in [3.05, 3.63) is 54.9 Å². The third-order valence-electron chi connectivity index (χ3n) is 4.58. The molecule has 1 atom stereocenters. The summed E-state index contributed by atoms with van der Waals surface area (Å²) in [7, 11) is 0. The van der Waals surface area contributed by atoms with Crippen LogP contribution in [0, 0.1) is 5.92 Å². The molecule has 1 aliphatic rings. The van der Waals surface area contributed by atoms with Crippen LogP contribution >= 0.6 is 0 Å². The third-order valence-corrected chi connectivity index (χ3v) is 4.58. The van der Waals surface area contributed by atoms with Crippen LogP contribution in [0.25, 0.3) is 0 Å². The molecule has 1 aromatic rings. The second kappa shape index (κ2) is 11.1. The first-order valence-corrected chi connectivity index (χ1v) is 9.63. The van der Waals surface area contributed by atoms with Crippen molar-refractivity contribution in [2.24, 2.45) is 5.92 Å². The minimum Gasteiger partial charge on any atom is -0.478 e. The lowest BCUT2D eigenvalue weighted by Gasteiger charge is -2.26. The lowest BCUT2D eigenvalue weighted by molar-refractivity contribution is -0.135. The molecule has 0 radical (unpaired) electrons. The molecule has 1 aliphatic carbocycles. The molecule has 1 fully saturated rings. The third kappa shape index (κ3) is 7.50. The predicted molar refractivity (Wildman–Crippen MR) is 109 cm³/mol. The molecule has 1 aromatic heterocycles. The number of carbonyl (C=O) groups excluding carboxylic acids is 2. The van der Waals surface area contributed by atoms with E-state index in [0.717, 1.165) is 12.8 Å². The van der Waals surface area contributed by atoms with Crippen molar-refractivity contribution in [3.8, 4) is 0 Å². The van der Waals surface area contributed by atoms with Crippen LogP contribution in [0.5, 0.6) is 0 Å². The van der Waals surface area contributed by atoms with E-state index in [9.17, 15) is 14.4 Å². The largest absolute Gasteiger partial charge is 0.478 e. The zero-order chi connectivity index (χ0) is 21.2.